The molecule has 2 N–H and O–H groups in total. The first kappa shape index (κ1) is 36.3. The summed E-state index contributed by atoms with van der Waals surface area (Å²) in [5.74, 6) is -3.51. The van der Waals surface area contributed by atoms with Crippen molar-refractivity contribution < 1.29 is 33.8 Å². The molecule has 0 aromatic heterocycles. The number of hydrogen-bond donors (Lipinski definition) is 2. The summed E-state index contributed by atoms with van der Waals surface area (Å²) in [6, 6.07) is 14.1. The zero-order valence-corrected chi connectivity index (χ0v) is 28.9. The number of aliphatic hydroxyl groups is 1. The number of nitrogens with one attached hydrogen (secondary N) is 1. The lowest BCUT2D eigenvalue weighted by Gasteiger charge is -2.39. The van der Waals surface area contributed by atoms with Crippen molar-refractivity contribution in [3.05, 3.63) is 90.5 Å². The normalized spacial score (nSPS) is 25.1. The number of benzene rings is 2. The van der Waals surface area contributed by atoms with Crippen molar-refractivity contribution >= 4 is 41.0 Å². The van der Waals surface area contributed by atoms with Crippen molar-refractivity contribution in [2.24, 2.45) is 17.8 Å². The number of carbonyl (C=O) groups is 4. The van der Waals surface area contributed by atoms with Crippen LogP contribution in [0.1, 0.15) is 57.6 Å². The Labute approximate surface area is 293 Å². The molecule has 0 unspecified atom stereocenters. The number of esters is 1. The van der Waals surface area contributed by atoms with Crippen molar-refractivity contribution in [2.45, 2.75) is 75.8 Å². The fourth-order valence-electron chi connectivity index (χ4n) is 7.71. The van der Waals surface area contributed by atoms with Gasteiger partial charge in [0.2, 0.25) is 11.8 Å². The molecular weight excluding hydrogens is 646 g/mol. The van der Waals surface area contributed by atoms with Crippen LogP contribution in [0.15, 0.2) is 79.9 Å². The van der Waals surface area contributed by atoms with Gasteiger partial charge in [0.25, 0.3) is 5.91 Å². The number of halogens is 1. The Morgan fingerprint density at radius 3 is 2.49 bits per heavy atom. The average molecular weight is 692 g/mol. The second-order valence-corrected chi connectivity index (χ2v) is 13.9. The fraction of sp³-hybridized carbons (Fsp3) is 0.474. The van der Waals surface area contributed by atoms with Crippen LogP contribution in [-0.2, 0) is 28.7 Å². The van der Waals surface area contributed by atoms with E-state index in [4.69, 9.17) is 21.1 Å². The van der Waals surface area contributed by atoms with Crippen molar-refractivity contribution in [1.29, 1.82) is 0 Å². The van der Waals surface area contributed by atoms with Gasteiger partial charge in [-0.05, 0) is 61.4 Å². The summed E-state index contributed by atoms with van der Waals surface area (Å²) in [6.45, 7) is 11.3. The van der Waals surface area contributed by atoms with Gasteiger partial charge in [0.15, 0.2) is 0 Å². The molecule has 7 atom stereocenters. The Hall–Kier alpha value is -3.99. The van der Waals surface area contributed by atoms with Crippen LogP contribution in [0.3, 0.4) is 0 Å². The molecule has 49 heavy (non-hydrogen) atoms. The number of carbonyl (C=O) groups excluding carboxylic acids is 4. The van der Waals surface area contributed by atoms with Crippen LogP contribution in [0.2, 0.25) is 5.02 Å². The molecule has 0 aliphatic carbocycles. The quantitative estimate of drug-likeness (QED) is 0.187. The van der Waals surface area contributed by atoms with E-state index in [1.807, 2.05) is 44.2 Å². The summed E-state index contributed by atoms with van der Waals surface area (Å²) in [5, 5.41) is 14.0. The van der Waals surface area contributed by atoms with E-state index < -0.39 is 53.6 Å². The fourth-order valence-corrected chi connectivity index (χ4v) is 7.84. The Kier molecular flexibility index (Phi) is 11.6. The van der Waals surface area contributed by atoms with Gasteiger partial charge in [-0.2, -0.15) is 0 Å². The zero-order valence-electron chi connectivity index (χ0n) is 28.1. The highest BCUT2D eigenvalue weighted by molar-refractivity contribution is 6.30. The highest BCUT2D eigenvalue weighted by atomic mass is 35.5. The molecule has 10 nitrogen and oxygen atoms in total. The number of aliphatic hydroxyl groups excluding tert-OH is 1. The molecular formula is C38H46ClN3O7. The molecule has 2 aromatic carbocycles. The van der Waals surface area contributed by atoms with Crippen molar-refractivity contribution in [2.75, 3.05) is 24.6 Å². The van der Waals surface area contributed by atoms with Crippen LogP contribution in [0.25, 0.3) is 0 Å². The monoisotopic (exact) mass is 691 g/mol. The van der Waals surface area contributed by atoms with E-state index in [1.165, 1.54) is 9.80 Å². The maximum Gasteiger partial charge on any atom is 0.313 e. The first-order valence-electron chi connectivity index (χ1n) is 17.0. The number of fused-ring (bicyclic) bond motifs is 1. The second-order valence-electron chi connectivity index (χ2n) is 13.4. The number of anilines is 1. The average Bonchev–Trinajstić information content (AvgIpc) is 3.74. The molecule has 3 aliphatic rings. The number of ether oxygens (including phenoxy) is 2. The van der Waals surface area contributed by atoms with E-state index in [2.05, 4.69) is 18.5 Å². The number of allylic oxidation sites excluding steroid dienone is 1. The van der Waals surface area contributed by atoms with Crippen molar-refractivity contribution in [1.82, 2.24) is 10.2 Å². The van der Waals surface area contributed by atoms with E-state index in [0.717, 1.165) is 0 Å². The SMILES string of the molecule is C=CCCC(=O)NC[C@H](OC(=O)[C@@H]1[C@@H]2CC[C@]3(O2)[C@H](C(=O)N(CC=C)c2ccc(Cl)cc2)N([C@@H](CO)CC(C)C)C(=O)[C@@H]13)c1ccccc1. The smallest absolute Gasteiger partial charge is 0.313 e. The molecule has 2 aromatic rings. The maximum absolute atomic E-state index is 14.8. The first-order chi connectivity index (χ1) is 23.6. The van der Waals surface area contributed by atoms with E-state index in [-0.39, 0.29) is 43.8 Å². The number of hydrogen-bond acceptors (Lipinski definition) is 7. The summed E-state index contributed by atoms with van der Waals surface area (Å²) < 4.78 is 12.8. The topological polar surface area (TPSA) is 125 Å². The van der Waals surface area contributed by atoms with Gasteiger partial charge < -0.3 is 29.7 Å². The van der Waals surface area contributed by atoms with Crippen LogP contribution < -0.4 is 10.2 Å². The van der Waals surface area contributed by atoms with Crippen molar-refractivity contribution in [3.63, 3.8) is 0 Å². The Bertz CT molecular complexity index is 1530. The summed E-state index contributed by atoms with van der Waals surface area (Å²) in [7, 11) is 0. The summed E-state index contributed by atoms with van der Waals surface area (Å²) >= 11 is 6.16. The predicted octanol–water partition coefficient (Wildman–Crippen LogP) is 5.01. The van der Waals surface area contributed by atoms with Crippen LogP contribution in [-0.4, -0.2) is 77.2 Å². The number of nitrogens with zero attached hydrogens (tertiary/aromatic N) is 2. The molecule has 0 saturated carbocycles. The van der Waals surface area contributed by atoms with E-state index in [9.17, 15) is 24.3 Å². The van der Waals surface area contributed by atoms with Gasteiger partial charge in [0.05, 0.1) is 37.1 Å². The summed E-state index contributed by atoms with van der Waals surface area (Å²) in [6.07, 6.45) is 3.85. The molecule has 3 amide bonds. The minimum atomic E-state index is -1.31. The van der Waals surface area contributed by atoms with Gasteiger partial charge >= 0.3 is 5.97 Å². The molecule has 3 heterocycles. The molecule has 1 spiro atoms. The molecule has 5 rings (SSSR count). The highest BCUT2D eigenvalue weighted by Crippen LogP contribution is 2.59. The first-order valence-corrected chi connectivity index (χ1v) is 17.4. The minimum absolute atomic E-state index is 0.0412. The Morgan fingerprint density at radius 2 is 1.86 bits per heavy atom. The van der Waals surface area contributed by atoms with Gasteiger partial charge in [0.1, 0.15) is 17.7 Å². The summed E-state index contributed by atoms with van der Waals surface area (Å²) in [5.41, 5.74) is -0.0541. The molecule has 2 bridgehead atoms. The number of likely N-dealkylation sites (tertiary alicyclic amines) is 1. The van der Waals surface area contributed by atoms with Gasteiger partial charge in [-0.3, -0.25) is 19.2 Å². The third-order valence-corrected chi connectivity index (χ3v) is 10.0. The lowest BCUT2D eigenvalue weighted by Crippen LogP contribution is -2.59. The number of rotatable bonds is 16. The third-order valence-electron chi connectivity index (χ3n) is 9.80. The largest absolute Gasteiger partial charge is 0.455 e. The number of amides is 3. The van der Waals surface area contributed by atoms with Crippen LogP contribution in [0, 0.1) is 17.8 Å². The minimum Gasteiger partial charge on any atom is -0.455 e. The molecule has 262 valence electrons. The molecule has 3 aliphatic heterocycles. The Morgan fingerprint density at radius 1 is 1.14 bits per heavy atom. The van der Waals surface area contributed by atoms with E-state index in [1.54, 1.807) is 36.4 Å². The lowest BCUT2D eigenvalue weighted by atomic mass is 9.70. The van der Waals surface area contributed by atoms with E-state index in [0.29, 0.717) is 42.0 Å². The zero-order chi connectivity index (χ0) is 35.3. The summed E-state index contributed by atoms with van der Waals surface area (Å²) in [4.78, 5) is 59.2. The van der Waals surface area contributed by atoms with Crippen LogP contribution in [0.4, 0.5) is 5.69 Å². The lowest BCUT2D eigenvalue weighted by molar-refractivity contribution is -0.161. The highest BCUT2D eigenvalue weighted by Gasteiger charge is 2.75. The Balaban J connectivity index is 1.50. The maximum atomic E-state index is 14.8. The molecule has 3 saturated heterocycles. The van der Waals surface area contributed by atoms with Gasteiger partial charge in [0, 0.05) is 23.7 Å². The standard InChI is InChI=1S/C38H46ClN3O7/c1-5-7-13-31(44)40-22-30(25-11-9-8-10-12-25)48-37(47)32-29-18-19-38(49-29)33(32)35(45)42(28(23-43)21-24(3)4)34(38)36(46)41(20-6-2)27-16-14-26(39)15-17-27/h5-6,8-12,14-17,24,28-30,32-34,43H,1-2,7,13,18-23H2,3-4H3,(H,40,44)/t28-,29+,30+,32-,33-,34+,38-/m1/s1. The second kappa shape index (κ2) is 15.7. The van der Waals surface area contributed by atoms with Crippen LogP contribution >= 0.6 is 11.6 Å². The molecule has 0 radical (unpaired) electrons. The van der Waals surface area contributed by atoms with Crippen LogP contribution in [0.5, 0.6) is 0 Å². The third kappa shape index (κ3) is 7.32. The van der Waals surface area contributed by atoms with Gasteiger partial charge in [-0.25, -0.2) is 0 Å². The predicted molar refractivity (Wildman–Crippen MR) is 186 cm³/mol. The molecule has 3 fully saturated rings. The van der Waals surface area contributed by atoms with Gasteiger partial charge in [-0.15, -0.1) is 13.2 Å². The van der Waals surface area contributed by atoms with Gasteiger partial charge in [-0.1, -0.05) is 67.9 Å². The van der Waals surface area contributed by atoms with Crippen molar-refractivity contribution in [3.8, 4) is 0 Å². The molecule has 11 heteroatoms. The van der Waals surface area contributed by atoms with E-state index >= 15 is 0 Å².